The van der Waals surface area contributed by atoms with Gasteiger partial charge in [0.15, 0.2) is 0 Å². The number of ether oxygens (including phenoxy) is 1. The molecule has 0 amide bonds. The molecule has 0 saturated carbocycles. The van der Waals surface area contributed by atoms with E-state index in [0.29, 0.717) is 13.2 Å². The third-order valence-electron chi connectivity index (χ3n) is 3.86. The van der Waals surface area contributed by atoms with Gasteiger partial charge in [-0.05, 0) is 24.0 Å². The van der Waals surface area contributed by atoms with Crippen LogP contribution in [0.5, 0.6) is 0 Å². The number of hydrogen-bond donors (Lipinski definition) is 0. The monoisotopic (exact) mass is 297 g/mol. The highest BCUT2D eigenvalue weighted by molar-refractivity contribution is 7.89. The predicted octanol–water partition coefficient (Wildman–Crippen LogP) is 2.18. The van der Waals surface area contributed by atoms with Gasteiger partial charge in [0.1, 0.15) is 0 Å². The summed E-state index contributed by atoms with van der Waals surface area (Å²) in [7, 11) is -3.26. The first-order valence-corrected chi connectivity index (χ1v) is 8.64. The molecule has 0 aliphatic carbocycles. The molecule has 112 valence electrons. The minimum atomic E-state index is -3.26. The highest BCUT2D eigenvalue weighted by Gasteiger charge is 2.34. The summed E-state index contributed by atoms with van der Waals surface area (Å²) in [6, 6.07) is 7.84. The zero-order chi connectivity index (χ0) is 14.8. The van der Waals surface area contributed by atoms with E-state index < -0.39 is 10.0 Å². The van der Waals surface area contributed by atoms with Crippen LogP contribution in [0, 0.1) is 12.8 Å². The first-order chi connectivity index (χ1) is 9.42. The van der Waals surface area contributed by atoms with Gasteiger partial charge in [0.05, 0.1) is 25.0 Å². The van der Waals surface area contributed by atoms with E-state index in [4.69, 9.17) is 4.74 Å². The number of rotatable bonds is 3. The number of sulfonamides is 1. The van der Waals surface area contributed by atoms with Crippen LogP contribution in [0.4, 0.5) is 0 Å². The Balaban J connectivity index is 2.34. The van der Waals surface area contributed by atoms with Crippen molar-refractivity contribution in [3.63, 3.8) is 0 Å². The molecule has 5 heteroatoms. The summed E-state index contributed by atoms with van der Waals surface area (Å²) in [6.07, 6.45) is 0. The van der Waals surface area contributed by atoms with Crippen molar-refractivity contribution in [3.8, 4) is 0 Å². The minimum absolute atomic E-state index is 0.0715. The van der Waals surface area contributed by atoms with E-state index in [0.717, 1.165) is 11.1 Å². The zero-order valence-corrected chi connectivity index (χ0v) is 13.2. The third kappa shape index (κ3) is 3.40. The first kappa shape index (κ1) is 15.5. The maximum absolute atomic E-state index is 12.5. The van der Waals surface area contributed by atoms with Crippen molar-refractivity contribution in [3.05, 3.63) is 35.4 Å². The summed E-state index contributed by atoms with van der Waals surface area (Å²) < 4.78 is 32.1. The van der Waals surface area contributed by atoms with E-state index in [-0.39, 0.29) is 24.3 Å². The van der Waals surface area contributed by atoms with Crippen molar-refractivity contribution in [2.75, 3.05) is 19.0 Å². The van der Waals surface area contributed by atoms with Crippen molar-refractivity contribution >= 4 is 10.0 Å². The number of aryl methyl sites for hydroxylation is 1. The van der Waals surface area contributed by atoms with Gasteiger partial charge in [-0.1, -0.05) is 38.1 Å². The lowest BCUT2D eigenvalue weighted by Gasteiger charge is -2.31. The number of hydrogen-bond acceptors (Lipinski definition) is 3. The Hall–Kier alpha value is -0.910. The van der Waals surface area contributed by atoms with Crippen LogP contribution in [0.3, 0.4) is 0 Å². The lowest BCUT2D eigenvalue weighted by molar-refractivity contribution is 0.0901. The van der Waals surface area contributed by atoms with Gasteiger partial charge in [0.25, 0.3) is 0 Å². The van der Waals surface area contributed by atoms with Crippen LogP contribution in [0.15, 0.2) is 24.3 Å². The van der Waals surface area contributed by atoms with Crippen molar-refractivity contribution < 1.29 is 13.2 Å². The molecular formula is C15H23NO3S. The average molecular weight is 297 g/mol. The normalized spacial score (nSPS) is 23.7. The van der Waals surface area contributed by atoms with Crippen LogP contribution in [0.1, 0.15) is 25.0 Å². The molecule has 20 heavy (non-hydrogen) atoms. The van der Waals surface area contributed by atoms with Gasteiger partial charge in [-0.3, -0.25) is 0 Å². The highest BCUT2D eigenvalue weighted by atomic mass is 32.2. The molecule has 0 bridgehead atoms. The largest absolute Gasteiger partial charge is 0.379 e. The van der Waals surface area contributed by atoms with Crippen LogP contribution in [0.25, 0.3) is 0 Å². The van der Waals surface area contributed by atoms with Gasteiger partial charge >= 0.3 is 0 Å². The summed E-state index contributed by atoms with van der Waals surface area (Å²) in [4.78, 5) is 0. The van der Waals surface area contributed by atoms with E-state index in [9.17, 15) is 8.42 Å². The summed E-state index contributed by atoms with van der Waals surface area (Å²) in [6.45, 7) is 7.29. The van der Waals surface area contributed by atoms with Gasteiger partial charge in [-0.2, -0.15) is 4.31 Å². The van der Waals surface area contributed by atoms with Gasteiger partial charge in [-0.15, -0.1) is 0 Å². The molecule has 0 unspecified atom stereocenters. The van der Waals surface area contributed by atoms with Gasteiger partial charge in [0, 0.05) is 6.54 Å². The summed E-state index contributed by atoms with van der Waals surface area (Å²) in [5.74, 6) is 0.300. The van der Waals surface area contributed by atoms with Crippen LogP contribution in [0.2, 0.25) is 0 Å². The van der Waals surface area contributed by atoms with Crippen LogP contribution in [-0.4, -0.2) is 37.7 Å². The lowest BCUT2D eigenvalue weighted by atomic mass is 10.0. The minimum Gasteiger partial charge on any atom is -0.379 e. The molecule has 2 rings (SSSR count). The van der Waals surface area contributed by atoms with E-state index in [1.165, 1.54) is 0 Å². The predicted molar refractivity (Wildman–Crippen MR) is 80.0 cm³/mol. The standard InChI is InChI=1S/C15H23NO3S/c1-12(2)15-11-19-8-9-20(17,18)16(15)10-14-7-5-4-6-13(14)3/h4-7,12,15H,8-11H2,1-3H3/t15-/m1/s1. The molecule has 0 radical (unpaired) electrons. The highest BCUT2D eigenvalue weighted by Crippen LogP contribution is 2.23. The molecule has 1 aromatic rings. The maximum atomic E-state index is 12.5. The third-order valence-corrected chi connectivity index (χ3v) is 5.66. The molecule has 1 heterocycles. The second kappa shape index (κ2) is 6.24. The van der Waals surface area contributed by atoms with Crippen molar-refractivity contribution in [2.24, 2.45) is 5.92 Å². The summed E-state index contributed by atoms with van der Waals surface area (Å²) in [5, 5.41) is 0. The van der Waals surface area contributed by atoms with Crippen molar-refractivity contribution in [1.29, 1.82) is 0 Å². The van der Waals surface area contributed by atoms with E-state index in [1.54, 1.807) is 4.31 Å². The van der Waals surface area contributed by atoms with E-state index >= 15 is 0 Å². The molecule has 0 N–H and O–H groups in total. The summed E-state index contributed by atoms with van der Waals surface area (Å²) in [5.41, 5.74) is 2.18. The van der Waals surface area contributed by atoms with E-state index in [1.807, 2.05) is 45.0 Å². The van der Waals surface area contributed by atoms with E-state index in [2.05, 4.69) is 0 Å². The fourth-order valence-electron chi connectivity index (χ4n) is 2.47. The van der Waals surface area contributed by atoms with Crippen LogP contribution in [-0.2, 0) is 21.3 Å². The Morgan fingerprint density at radius 3 is 2.70 bits per heavy atom. The topological polar surface area (TPSA) is 46.6 Å². The Bertz CT molecular complexity index is 554. The molecule has 1 atom stereocenters. The molecule has 1 aliphatic rings. The Morgan fingerprint density at radius 1 is 1.35 bits per heavy atom. The quantitative estimate of drug-likeness (QED) is 0.859. The second-order valence-corrected chi connectivity index (χ2v) is 7.72. The second-order valence-electron chi connectivity index (χ2n) is 5.67. The molecule has 1 aromatic carbocycles. The first-order valence-electron chi connectivity index (χ1n) is 7.03. The Labute approximate surface area is 121 Å². The van der Waals surface area contributed by atoms with Gasteiger partial charge < -0.3 is 4.74 Å². The molecule has 1 fully saturated rings. The van der Waals surface area contributed by atoms with Gasteiger partial charge in [0.2, 0.25) is 10.0 Å². The Kier molecular flexibility index (Phi) is 4.83. The SMILES string of the molecule is Cc1ccccc1CN1[C@@H](C(C)C)COCCS1(=O)=O. The number of nitrogens with zero attached hydrogens (tertiary/aromatic N) is 1. The van der Waals surface area contributed by atoms with Crippen LogP contribution < -0.4 is 0 Å². The molecule has 0 aromatic heterocycles. The molecule has 0 spiro atoms. The lowest BCUT2D eigenvalue weighted by Crippen LogP contribution is -2.44. The fraction of sp³-hybridized carbons (Fsp3) is 0.600. The smallest absolute Gasteiger partial charge is 0.217 e. The Morgan fingerprint density at radius 2 is 2.05 bits per heavy atom. The average Bonchev–Trinajstić information content (AvgIpc) is 2.52. The molecule has 1 saturated heterocycles. The fourth-order valence-corrected chi connectivity index (χ4v) is 4.09. The zero-order valence-electron chi connectivity index (χ0n) is 12.4. The molecule has 1 aliphatic heterocycles. The summed E-state index contributed by atoms with van der Waals surface area (Å²) >= 11 is 0. The van der Waals surface area contributed by atoms with Crippen molar-refractivity contribution in [2.45, 2.75) is 33.4 Å². The molecular weight excluding hydrogens is 274 g/mol. The molecule has 4 nitrogen and oxygen atoms in total. The maximum Gasteiger partial charge on any atom is 0.217 e. The van der Waals surface area contributed by atoms with Crippen LogP contribution >= 0.6 is 0 Å². The van der Waals surface area contributed by atoms with Gasteiger partial charge in [-0.25, -0.2) is 8.42 Å². The van der Waals surface area contributed by atoms with Crippen molar-refractivity contribution in [1.82, 2.24) is 4.31 Å². The number of benzene rings is 1.